The van der Waals surface area contributed by atoms with Crippen molar-refractivity contribution in [1.29, 1.82) is 0 Å². The Bertz CT molecular complexity index is 398. The van der Waals surface area contributed by atoms with E-state index in [0.717, 1.165) is 24.2 Å². The van der Waals surface area contributed by atoms with Gasteiger partial charge >= 0.3 is 0 Å². The zero-order valence-corrected chi connectivity index (χ0v) is 9.32. The minimum Gasteiger partial charge on any atom is -0.399 e. The Balaban J connectivity index is 1.97. The van der Waals surface area contributed by atoms with Crippen molar-refractivity contribution < 1.29 is 5.73 Å². The van der Waals surface area contributed by atoms with E-state index in [1.54, 1.807) is 0 Å². The molecular weight excluding hydrogens is 196 g/mol. The quantitative estimate of drug-likeness (QED) is 0.752. The molecule has 0 aromatic heterocycles. The standard InChI is InChI=1S/C14H16N2/c15-13-7-3-11(4-8-13)1-2-12-5-9-14(16)10-6-12/h3-10H,1-2,15-16H2/p+1. The van der Waals surface area contributed by atoms with Crippen LogP contribution in [0.5, 0.6) is 0 Å². The van der Waals surface area contributed by atoms with Gasteiger partial charge in [-0.15, -0.1) is 0 Å². The Morgan fingerprint density at radius 3 is 1.69 bits per heavy atom. The molecule has 5 N–H and O–H groups in total. The molecule has 0 saturated carbocycles. The summed E-state index contributed by atoms with van der Waals surface area (Å²) < 4.78 is 0. The van der Waals surface area contributed by atoms with Gasteiger partial charge in [0.25, 0.3) is 0 Å². The number of nitrogen functional groups attached to an aromatic ring is 1. The zero-order chi connectivity index (χ0) is 11.4. The molecule has 0 aliphatic heterocycles. The highest BCUT2D eigenvalue weighted by atomic mass is 14.5. The van der Waals surface area contributed by atoms with Crippen LogP contribution in [-0.2, 0) is 12.8 Å². The predicted octanol–water partition coefficient (Wildman–Crippen LogP) is 1.93. The maximum absolute atomic E-state index is 5.64. The summed E-state index contributed by atoms with van der Waals surface area (Å²) in [5.41, 5.74) is 14.1. The van der Waals surface area contributed by atoms with Crippen LogP contribution < -0.4 is 11.5 Å². The predicted molar refractivity (Wildman–Crippen MR) is 67.3 cm³/mol. The fourth-order valence-electron chi connectivity index (χ4n) is 1.68. The highest BCUT2D eigenvalue weighted by Crippen LogP contribution is 2.10. The van der Waals surface area contributed by atoms with Gasteiger partial charge in [-0.2, -0.15) is 0 Å². The molecule has 0 atom stereocenters. The summed E-state index contributed by atoms with van der Waals surface area (Å²) in [7, 11) is 0. The third kappa shape index (κ3) is 2.84. The molecule has 0 aliphatic rings. The molecule has 0 unspecified atom stereocenters. The van der Waals surface area contributed by atoms with Crippen LogP contribution in [0.4, 0.5) is 11.4 Å². The number of benzene rings is 2. The number of aryl methyl sites for hydroxylation is 2. The SMILES string of the molecule is Nc1ccc(CCc2ccc([NH3+])cc2)cc1. The highest BCUT2D eigenvalue weighted by molar-refractivity contribution is 5.39. The van der Waals surface area contributed by atoms with Crippen molar-refractivity contribution in [2.75, 3.05) is 5.73 Å². The molecule has 0 radical (unpaired) electrons. The van der Waals surface area contributed by atoms with Gasteiger partial charge in [-0.25, -0.2) is 0 Å². The van der Waals surface area contributed by atoms with Crippen molar-refractivity contribution in [1.82, 2.24) is 0 Å². The number of hydrogen-bond acceptors (Lipinski definition) is 1. The molecule has 2 heteroatoms. The monoisotopic (exact) mass is 213 g/mol. The molecule has 0 aliphatic carbocycles. The van der Waals surface area contributed by atoms with Gasteiger partial charge in [0.15, 0.2) is 0 Å². The van der Waals surface area contributed by atoms with E-state index in [-0.39, 0.29) is 0 Å². The molecule has 2 rings (SSSR count). The Labute approximate surface area is 95.9 Å². The average Bonchev–Trinajstić information content (AvgIpc) is 2.30. The summed E-state index contributed by atoms with van der Waals surface area (Å²) >= 11 is 0. The van der Waals surface area contributed by atoms with E-state index in [1.165, 1.54) is 11.1 Å². The zero-order valence-electron chi connectivity index (χ0n) is 9.32. The lowest BCUT2D eigenvalue weighted by Crippen LogP contribution is -2.39. The second-order valence-electron chi connectivity index (χ2n) is 4.06. The van der Waals surface area contributed by atoms with Gasteiger partial charge in [-0.1, -0.05) is 24.3 Å². The highest BCUT2D eigenvalue weighted by Gasteiger charge is 1.96. The van der Waals surface area contributed by atoms with E-state index in [2.05, 4.69) is 42.1 Å². The van der Waals surface area contributed by atoms with Crippen LogP contribution in [0.15, 0.2) is 48.5 Å². The number of anilines is 1. The molecule has 2 aromatic carbocycles. The average molecular weight is 213 g/mol. The maximum atomic E-state index is 5.64. The maximum Gasteiger partial charge on any atom is 0.127 e. The van der Waals surface area contributed by atoms with E-state index >= 15 is 0 Å². The van der Waals surface area contributed by atoms with Crippen LogP contribution in [-0.4, -0.2) is 0 Å². The van der Waals surface area contributed by atoms with Crippen molar-refractivity contribution in [2.24, 2.45) is 0 Å². The minimum absolute atomic E-state index is 0.824. The molecule has 82 valence electrons. The van der Waals surface area contributed by atoms with Crippen LogP contribution >= 0.6 is 0 Å². The van der Waals surface area contributed by atoms with Crippen molar-refractivity contribution in [3.8, 4) is 0 Å². The smallest absolute Gasteiger partial charge is 0.127 e. The van der Waals surface area contributed by atoms with E-state index in [9.17, 15) is 0 Å². The Hall–Kier alpha value is -1.80. The molecule has 16 heavy (non-hydrogen) atoms. The topological polar surface area (TPSA) is 53.7 Å². The molecule has 2 nitrogen and oxygen atoms in total. The molecule has 0 amide bonds. The van der Waals surface area contributed by atoms with E-state index in [0.29, 0.717) is 0 Å². The first-order chi connectivity index (χ1) is 7.74. The molecule has 0 saturated heterocycles. The lowest BCUT2D eigenvalue weighted by atomic mass is 10.0. The van der Waals surface area contributed by atoms with Crippen LogP contribution in [0.2, 0.25) is 0 Å². The van der Waals surface area contributed by atoms with Gasteiger partial charge < -0.3 is 11.5 Å². The van der Waals surface area contributed by atoms with Crippen molar-refractivity contribution in [3.63, 3.8) is 0 Å². The first kappa shape index (κ1) is 10.7. The summed E-state index contributed by atoms with van der Waals surface area (Å²) in [6, 6.07) is 16.5. The van der Waals surface area contributed by atoms with Crippen molar-refractivity contribution in [2.45, 2.75) is 12.8 Å². The first-order valence-electron chi connectivity index (χ1n) is 5.49. The second-order valence-corrected chi connectivity index (χ2v) is 4.06. The summed E-state index contributed by atoms with van der Waals surface area (Å²) in [4.78, 5) is 0. The number of rotatable bonds is 3. The lowest BCUT2D eigenvalue weighted by Gasteiger charge is -2.02. The van der Waals surface area contributed by atoms with Gasteiger partial charge in [0.2, 0.25) is 0 Å². The Morgan fingerprint density at radius 2 is 1.19 bits per heavy atom. The molecule has 0 heterocycles. The summed E-state index contributed by atoms with van der Waals surface area (Å²) in [6.07, 6.45) is 2.11. The molecule has 0 spiro atoms. The molecule has 0 bridgehead atoms. The summed E-state index contributed by atoms with van der Waals surface area (Å²) in [5, 5.41) is 0. The largest absolute Gasteiger partial charge is 0.399 e. The van der Waals surface area contributed by atoms with Crippen molar-refractivity contribution in [3.05, 3.63) is 59.7 Å². The summed E-state index contributed by atoms with van der Waals surface area (Å²) in [5.74, 6) is 0. The normalized spacial score (nSPS) is 10.3. The minimum atomic E-state index is 0.824. The van der Waals surface area contributed by atoms with E-state index in [4.69, 9.17) is 5.73 Å². The van der Waals surface area contributed by atoms with Gasteiger partial charge in [0.1, 0.15) is 5.69 Å². The molecule has 2 aromatic rings. The third-order valence-corrected chi connectivity index (χ3v) is 2.71. The fourth-order valence-corrected chi connectivity index (χ4v) is 1.68. The third-order valence-electron chi connectivity index (χ3n) is 2.71. The number of hydrogen-bond donors (Lipinski definition) is 2. The van der Waals surface area contributed by atoms with E-state index < -0.39 is 0 Å². The van der Waals surface area contributed by atoms with Crippen LogP contribution in [0.3, 0.4) is 0 Å². The van der Waals surface area contributed by atoms with Gasteiger partial charge in [0, 0.05) is 5.69 Å². The van der Waals surface area contributed by atoms with Crippen LogP contribution in [0.25, 0.3) is 0 Å². The Morgan fingerprint density at radius 1 is 0.750 bits per heavy atom. The number of nitrogens with two attached hydrogens (primary N) is 1. The molecular formula is C14H17N2+. The second kappa shape index (κ2) is 4.81. The lowest BCUT2D eigenvalue weighted by molar-refractivity contribution is -0.254. The fraction of sp³-hybridized carbons (Fsp3) is 0.143. The molecule has 0 fully saturated rings. The number of quaternary nitrogens is 1. The van der Waals surface area contributed by atoms with Gasteiger partial charge in [-0.3, -0.25) is 0 Å². The Kier molecular flexibility index (Phi) is 3.22. The van der Waals surface area contributed by atoms with Crippen LogP contribution in [0, 0.1) is 0 Å². The van der Waals surface area contributed by atoms with Crippen molar-refractivity contribution >= 4 is 11.4 Å². The van der Waals surface area contributed by atoms with Crippen LogP contribution in [0.1, 0.15) is 11.1 Å². The summed E-state index contributed by atoms with van der Waals surface area (Å²) in [6.45, 7) is 0. The first-order valence-corrected chi connectivity index (χ1v) is 5.49. The van der Waals surface area contributed by atoms with Gasteiger partial charge in [-0.05, 0) is 48.2 Å². The van der Waals surface area contributed by atoms with E-state index in [1.807, 2.05) is 12.1 Å². The van der Waals surface area contributed by atoms with Gasteiger partial charge in [0.05, 0.1) is 0 Å².